The number of rotatable bonds is 2. The standard InChI is InChI=1S/C12H13BrF2N2O2/c13-8-1-3-9(4-2-8)17-6-5-16(12(18)19)7-10(17)11(14)15/h1-4,10-11H,5-7H2,(H,18,19). The SMILES string of the molecule is O=C(O)N1CCN(c2ccc(Br)cc2)C(C(F)F)C1. The molecule has 1 aliphatic heterocycles. The Morgan fingerprint density at radius 2 is 1.95 bits per heavy atom. The highest BCUT2D eigenvalue weighted by Crippen LogP contribution is 2.25. The van der Waals surface area contributed by atoms with Crippen molar-refractivity contribution in [3.8, 4) is 0 Å². The van der Waals surface area contributed by atoms with Crippen molar-refractivity contribution in [1.29, 1.82) is 0 Å². The maximum absolute atomic E-state index is 13.1. The summed E-state index contributed by atoms with van der Waals surface area (Å²) in [7, 11) is 0. The number of piperazine rings is 1. The van der Waals surface area contributed by atoms with Gasteiger partial charge in [-0.3, -0.25) is 0 Å². The molecule has 1 heterocycles. The van der Waals surface area contributed by atoms with Crippen LogP contribution in [0.1, 0.15) is 0 Å². The number of carboxylic acid groups (broad SMARTS) is 1. The minimum atomic E-state index is -2.59. The summed E-state index contributed by atoms with van der Waals surface area (Å²) < 4.78 is 27.1. The number of anilines is 1. The van der Waals surface area contributed by atoms with Crippen LogP contribution < -0.4 is 4.90 Å². The molecule has 0 saturated carbocycles. The van der Waals surface area contributed by atoms with E-state index >= 15 is 0 Å². The van der Waals surface area contributed by atoms with Gasteiger partial charge in [-0.1, -0.05) is 15.9 Å². The molecule has 1 fully saturated rings. The monoisotopic (exact) mass is 334 g/mol. The number of halogens is 3. The van der Waals surface area contributed by atoms with Crippen LogP contribution in [0.5, 0.6) is 0 Å². The summed E-state index contributed by atoms with van der Waals surface area (Å²) in [4.78, 5) is 13.5. The van der Waals surface area contributed by atoms with Gasteiger partial charge in [0.1, 0.15) is 6.04 Å². The number of nitrogens with zero attached hydrogens (tertiary/aromatic N) is 2. The fourth-order valence-corrected chi connectivity index (χ4v) is 2.42. The van der Waals surface area contributed by atoms with Crippen LogP contribution >= 0.6 is 15.9 Å². The number of hydrogen-bond donors (Lipinski definition) is 1. The summed E-state index contributed by atoms with van der Waals surface area (Å²) in [5, 5.41) is 8.89. The lowest BCUT2D eigenvalue weighted by Crippen LogP contribution is -2.57. The lowest BCUT2D eigenvalue weighted by atomic mass is 10.1. The Hall–Kier alpha value is -1.37. The molecule has 1 aliphatic rings. The molecule has 1 atom stereocenters. The molecular weight excluding hydrogens is 322 g/mol. The first-order valence-corrected chi connectivity index (χ1v) is 6.56. The van der Waals surface area contributed by atoms with Crippen molar-refractivity contribution in [2.75, 3.05) is 24.5 Å². The molecule has 19 heavy (non-hydrogen) atoms. The topological polar surface area (TPSA) is 43.8 Å². The van der Waals surface area contributed by atoms with E-state index in [2.05, 4.69) is 15.9 Å². The van der Waals surface area contributed by atoms with E-state index in [0.717, 1.165) is 9.37 Å². The Balaban J connectivity index is 2.20. The summed E-state index contributed by atoms with van der Waals surface area (Å²) in [5.74, 6) is 0. The van der Waals surface area contributed by atoms with Gasteiger partial charge in [-0.15, -0.1) is 0 Å². The first-order chi connectivity index (χ1) is 8.99. The highest BCUT2D eigenvalue weighted by molar-refractivity contribution is 9.10. The van der Waals surface area contributed by atoms with E-state index < -0.39 is 18.6 Å². The normalized spacial score (nSPS) is 19.9. The molecule has 1 saturated heterocycles. The van der Waals surface area contributed by atoms with E-state index in [1.54, 1.807) is 29.2 Å². The van der Waals surface area contributed by atoms with Crippen LogP contribution in [0.2, 0.25) is 0 Å². The molecule has 1 aromatic carbocycles. The van der Waals surface area contributed by atoms with Gasteiger partial charge in [0.05, 0.1) is 0 Å². The molecule has 0 aliphatic carbocycles. The Bertz CT molecular complexity index is 456. The first kappa shape index (κ1) is 14.0. The van der Waals surface area contributed by atoms with Gasteiger partial charge in [0.2, 0.25) is 0 Å². The highest BCUT2D eigenvalue weighted by atomic mass is 79.9. The third-order valence-electron chi connectivity index (χ3n) is 3.14. The van der Waals surface area contributed by atoms with Gasteiger partial charge in [-0.25, -0.2) is 13.6 Å². The van der Waals surface area contributed by atoms with Crippen LogP contribution in [-0.4, -0.2) is 48.2 Å². The predicted molar refractivity (Wildman–Crippen MR) is 70.9 cm³/mol. The Labute approximate surface area is 117 Å². The van der Waals surface area contributed by atoms with Gasteiger partial charge in [-0.2, -0.15) is 0 Å². The molecule has 0 spiro atoms. The summed E-state index contributed by atoms with van der Waals surface area (Å²) >= 11 is 3.29. The summed E-state index contributed by atoms with van der Waals surface area (Å²) in [6.07, 6.45) is -3.74. The van der Waals surface area contributed by atoms with Gasteiger partial charge in [0.25, 0.3) is 6.43 Å². The van der Waals surface area contributed by atoms with Crippen molar-refractivity contribution in [1.82, 2.24) is 4.90 Å². The summed E-state index contributed by atoms with van der Waals surface area (Å²) in [6, 6.07) is 5.94. The number of carbonyl (C=O) groups is 1. The minimum Gasteiger partial charge on any atom is -0.465 e. The zero-order valence-electron chi connectivity index (χ0n) is 9.97. The van der Waals surface area contributed by atoms with Crippen molar-refractivity contribution in [2.45, 2.75) is 12.5 Å². The van der Waals surface area contributed by atoms with Crippen LogP contribution in [0, 0.1) is 0 Å². The highest BCUT2D eigenvalue weighted by Gasteiger charge is 2.35. The molecule has 104 valence electrons. The summed E-state index contributed by atoms with van der Waals surface area (Å²) in [6.45, 7) is 0.320. The molecule has 1 N–H and O–H groups in total. The zero-order chi connectivity index (χ0) is 14.0. The Morgan fingerprint density at radius 3 is 2.47 bits per heavy atom. The maximum atomic E-state index is 13.1. The lowest BCUT2D eigenvalue weighted by Gasteiger charge is -2.41. The number of benzene rings is 1. The van der Waals surface area contributed by atoms with Crippen LogP contribution in [0.3, 0.4) is 0 Å². The Kier molecular flexibility index (Phi) is 4.24. The van der Waals surface area contributed by atoms with Crippen LogP contribution in [-0.2, 0) is 0 Å². The second kappa shape index (κ2) is 5.73. The second-order valence-electron chi connectivity index (χ2n) is 4.30. The van der Waals surface area contributed by atoms with Crippen molar-refractivity contribution in [3.63, 3.8) is 0 Å². The molecule has 1 amide bonds. The minimum absolute atomic E-state index is 0.178. The van der Waals surface area contributed by atoms with Gasteiger partial charge < -0.3 is 14.9 Å². The van der Waals surface area contributed by atoms with Crippen LogP contribution in [0.25, 0.3) is 0 Å². The third-order valence-corrected chi connectivity index (χ3v) is 3.67. The number of hydrogen-bond acceptors (Lipinski definition) is 2. The number of alkyl halides is 2. The Morgan fingerprint density at radius 1 is 1.32 bits per heavy atom. The van der Waals surface area contributed by atoms with Crippen LogP contribution in [0.4, 0.5) is 19.3 Å². The largest absolute Gasteiger partial charge is 0.465 e. The van der Waals surface area contributed by atoms with E-state index in [1.807, 2.05) is 0 Å². The number of amides is 1. The zero-order valence-corrected chi connectivity index (χ0v) is 11.6. The fraction of sp³-hybridized carbons (Fsp3) is 0.417. The van der Waals surface area contributed by atoms with Crippen molar-refractivity contribution in [2.24, 2.45) is 0 Å². The van der Waals surface area contributed by atoms with Crippen LogP contribution in [0.15, 0.2) is 28.7 Å². The molecule has 7 heteroatoms. The molecular formula is C12H13BrF2N2O2. The quantitative estimate of drug-likeness (QED) is 0.904. The lowest BCUT2D eigenvalue weighted by molar-refractivity contribution is 0.0710. The first-order valence-electron chi connectivity index (χ1n) is 5.77. The van der Waals surface area contributed by atoms with Gasteiger partial charge in [0, 0.05) is 29.8 Å². The van der Waals surface area contributed by atoms with Gasteiger partial charge in [-0.05, 0) is 24.3 Å². The molecule has 0 radical (unpaired) electrons. The van der Waals surface area contributed by atoms with E-state index in [0.29, 0.717) is 5.69 Å². The van der Waals surface area contributed by atoms with E-state index in [4.69, 9.17) is 5.11 Å². The molecule has 1 unspecified atom stereocenters. The predicted octanol–water partition coefficient (Wildman–Crippen LogP) is 2.88. The molecule has 2 rings (SSSR count). The average molecular weight is 335 g/mol. The smallest absolute Gasteiger partial charge is 0.407 e. The van der Waals surface area contributed by atoms with E-state index in [-0.39, 0.29) is 19.6 Å². The van der Waals surface area contributed by atoms with Crippen molar-refractivity contribution < 1.29 is 18.7 Å². The second-order valence-corrected chi connectivity index (χ2v) is 5.22. The fourth-order valence-electron chi connectivity index (χ4n) is 2.15. The summed E-state index contributed by atoms with van der Waals surface area (Å²) in [5.41, 5.74) is 0.679. The van der Waals surface area contributed by atoms with Crippen molar-refractivity contribution >= 4 is 27.7 Å². The third kappa shape index (κ3) is 3.15. The van der Waals surface area contributed by atoms with Crippen molar-refractivity contribution in [3.05, 3.63) is 28.7 Å². The molecule has 0 aromatic heterocycles. The molecule has 0 bridgehead atoms. The van der Waals surface area contributed by atoms with E-state index in [1.165, 1.54) is 0 Å². The maximum Gasteiger partial charge on any atom is 0.407 e. The van der Waals surface area contributed by atoms with E-state index in [9.17, 15) is 13.6 Å². The average Bonchev–Trinajstić information content (AvgIpc) is 2.38. The van der Waals surface area contributed by atoms with Gasteiger partial charge >= 0.3 is 6.09 Å². The molecule has 1 aromatic rings. The van der Waals surface area contributed by atoms with Gasteiger partial charge in [0.15, 0.2) is 0 Å². The molecule has 4 nitrogen and oxygen atoms in total.